The Bertz CT molecular complexity index is 876. The molecule has 0 saturated carbocycles. The van der Waals surface area contributed by atoms with E-state index in [9.17, 15) is 14.4 Å². The van der Waals surface area contributed by atoms with Gasteiger partial charge in [0.1, 0.15) is 5.60 Å². The van der Waals surface area contributed by atoms with Crippen LogP contribution in [0.25, 0.3) is 10.9 Å². The van der Waals surface area contributed by atoms with Gasteiger partial charge in [-0.1, -0.05) is 0 Å². The van der Waals surface area contributed by atoms with Crippen LogP contribution in [0.3, 0.4) is 0 Å². The summed E-state index contributed by atoms with van der Waals surface area (Å²) in [6.45, 7) is 7.65. The van der Waals surface area contributed by atoms with E-state index < -0.39 is 17.7 Å². The molecule has 1 aliphatic heterocycles. The van der Waals surface area contributed by atoms with E-state index in [2.05, 4.69) is 5.32 Å². The van der Waals surface area contributed by atoms with E-state index in [0.717, 1.165) is 10.9 Å². The highest BCUT2D eigenvalue weighted by atomic mass is 16.6. The largest absolute Gasteiger partial charge is 0.443 e. The molecule has 1 aromatic carbocycles. The van der Waals surface area contributed by atoms with Crippen LogP contribution in [0.1, 0.15) is 32.8 Å². The molecule has 1 N–H and O–H groups in total. The summed E-state index contributed by atoms with van der Waals surface area (Å²) in [7, 11) is 0. The van der Waals surface area contributed by atoms with Gasteiger partial charge in [0.25, 0.3) is 0 Å². The highest BCUT2D eigenvalue weighted by molar-refractivity contribution is 6.06. The highest BCUT2D eigenvalue weighted by Gasteiger charge is 2.26. The van der Waals surface area contributed by atoms with Gasteiger partial charge in [-0.15, -0.1) is 0 Å². The third kappa shape index (κ3) is 3.35. The van der Waals surface area contributed by atoms with Gasteiger partial charge >= 0.3 is 12.1 Å². The number of aryl methyl sites for hydroxylation is 1. The molecule has 25 heavy (non-hydrogen) atoms. The Morgan fingerprint density at radius 3 is 2.60 bits per heavy atom. The molecular formula is C18H21N3O4. The van der Waals surface area contributed by atoms with Crippen molar-refractivity contribution in [1.82, 2.24) is 9.88 Å². The molecule has 7 nitrogen and oxygen atoms in total. The van der Waals surface area contributed by atoms with E-state index in [0.29, 0.717) is 17.7 Å². The second-order valence-corrected chi connectivity index (χ2v) is 7.12. The lowest BCUT2D eigenvalue weighted by atomic mass is 10.1. The zero-order valence-corrected chi connectivity index (χ0v) is 14.8. The minimum absolute atomic E-state index is 0.246. The summed E-state index contributed by atoms with van der Waals surface area (Å²) >= 11 is 0. The Morgan fingerprint density at radius 1 is 1.24 bits per heavy atom. The summed E-state index contributed by atoms with van der Waals surface area (Å²) in [5.74, 6) is -0.281. The quantitative estimate of drug-likeness (QED) is 0.862. The Kier molecular flexibility index (Phi) is 4.02. The number of nitrogens with one attached hydrogen (secondary N) is 1. The number of carbonyl (C=O) groups is 3. The van der Waals surface area contributed by atoms with E-state index >= 15 is 0 Å². The van der Waals surface area contributed by atoms with Crippen LogP contribution in [0.2, 0.25) is 0 Å². The second-order valence-electron chi connectivity index (χ2n) is 7.12. The van der Waals surface area contributed by atoms with Crippen molar-refractivity contribution >= 4 is 34.6 Å². The van der Waals surface area contributed by atoms with Gasteiger partial charge in [-0.25, -0.2) is 9.59 Å². The molecule has 0 unspecified atom stereocenters. The molecule has 2 aromatic rings. The molecule has 0 aliphatic carbocycles. The Balaban J connectivity index is 2.03. The van der Waals surface area contributed by atoms with Gasteiger partial charge in [0.2, 0.25) is 5.91 Å². The molecule has 1 aromatic heterocycles. The molecule has 3 rings (SSSR count). The van der Waals surface area contributed by atoms with Crippen LogP contribution >= 0.6 is 0 Å². The molecule has 7 heteroatoms. The van der Waals surface area contributed by atoms with Gasteiger partial charge in [0, 0.05) is 30.2 Å². The summed E-state index contributed by atoms with van der Waals surface area (Å²) in [6, 6.07) is 5.03. The minimum atomic E-state index is -0.604. The molecule has 0 atom stereocenters. The average Bonchev–Trinajstić information content (AvgIpc) is 2.89. The fourth-order valence-corrected chi connectivity index (χ4v) is 2.84. The summed E-state index contributed by atoms with van der Waals surface area (Å²) in [5.41, 5.74) is 1.62. The van der Waals surface area contributed by atoms with Crippen molar-refractivity contribution in [3.63, 3.8) is 0 Å². The van der Waals surface area contributed by atoms with E-state index in [1.165, 1.54) is 9.47 Å². The Labute approximate surface area is 145 Å². The van der Waals surface area contributed by atoms with E-state index in [-0.39, 0.29) is 12.3 Å². The number of ether oxygens (including phenoxy) is 1. The SMILES string of the molecule is Cc1cc(N2CCC(=O)NC2=O)cc2c1ccn2C(=O)OC(C)(C)C. The topological polar surface area (TPSA) is 80.6 Å². The Hall–Kier alpha value is -2.83. The van der Waals surface area contributed by atoms with Gasteiger partial charge in [0.05, 0.1) is 5.52 Å². The van der Waals surface area contributed by atoms with Gasteiger partial charge in [-0.2, -0.15) is 0 Å². The molecule has 0 spiro atoms. The number of nitrogens with zero attached hydrogens (tertiary/aromatic N) is 2. The number of imide groups is 1. The molecule has 132 valence electrons. The maximum atomic E-state index is 12.4. The predicted octanol–water partition coefficient (Wildman–Crippen LogP) is 3.18. The zero-order valence-electron chi connectivity index (χ0n) is 14.8. The van der Waals surface area contributed by atoms with Gasteiger partial charge < -0.3 is 4.74 Å². The van der Waals surface area contributed by atoms with Crippen LogP contribution in [0.5, 0.6) is 0 Å². The number of hydrogen-bond donors (Lipinski definition) is 1. The van der Waals surface area contributed by atoms with Crippen molar-refractivity contribution in [2.75, 3.05) is 11.4 Å². The zero-order chi connectivity index (χ0) is 18.4. The number of fused-ring (bicyclic) bond motifs is 1. The Morgan fingerprint density at radius 2 is 1.96 bits per heavy atom. The number of amides is 3. The minimum Gasteiger partial charge on any atom is -0.443 e. The number of aromatic nitrogens is 1. The van der Waals surface area contributed by atoms with Gasteiger partial charge in [0.15, 0.2) is 0 Å². The first kappa shape index (κ1) is 17.0. The first-order chi connectivity index (χ1) is 11.7. The van der Waals surface area contributed by atoms with Crippen LogP contribution in [0.4, 0.5) is 15.3 Å². The van der Waals surface area contributed by atoms with E-state index in [4.69, 9.17) is 4.74 Å². The first-order valence-corrected chi connectivity index (χ1v) is 8.12. The van der Waals surface area contributed by atoms with Crippen LogP contribution < -0.4 is 10.2 Å². The molecule has 0 radical (unpaired) electrons. The number of rotatable bonds is 1. The van der Waals surface area contributed by atoms with Crippen LogP contribution in [-0.4, -0.2) is 34.7 Å². The smallest absolute Gasteiger partial charge is 0.418 e. The second kappa shape index (κ2) is 5.91. The van der Waals surface area contributed by atoms with Crippen LogP contribution in [0.15, 0.2) is 24.4 Å². The van der Waals surface area contributed by atoms with Crippen molar-refractivity contribution in [2.24, 2.45) is 0 Å². The summed E-state index contributed by atoms with van der Waals surface area (Å²) in [6.07, 6.45) is 1.43. The van der Waals surface area contributed by atoms with Crippen molar-refractivity contribution < 1.29 is 19.1 Å². The normalized spacial score (nSPS) is 15.4. The third-order valence-electron chi connectivity index (χ3n) is 3.96. The summed E-state index contributed by atoms with van der Waals surface area (Å²) < 4.78 is 6.87. The summed E-state index contributed by atoms with van der Waals surface area (Å²) in [5, 5.41) is 3.21. The number of benzene rings is 1. The lowest BCUT2D eigenvalue weighted by Gasteiger charge is -2.27. The van der Waals surface area contributed by atoms with E-state index in [1.807, 2.05) is 39.8 Å². The predicted molar refractivity (Wildman–Crippen MR) is 93.8 cm³/mol. The van der Waals surface area contributed by atoms with Crippen molar-refractivity contribution in [3.8, 4) is 0 Å². The van der Waals surface area contributed by atoms with Crippen molar-refractivity contribution in [2.45, 2.75) is 39.7 Å². The molecular weight excluding hydrogens is 322 g/mol. The maximum Gasteiger partial charge on any atom is 0.418 e. The summed E-state index contributed by atoms with van der Waals surface area (Å²) in [4.78, 5) is 37.4. The lowest BCUT2D eigenvalue weighted by molar-refractivity contribution is -0.120. The molecule has 0 bridgehead atoms. The van der Waals surface area contributed by atoms with E-state index in [1.54, 1.807) is 12.3 Å². The lowest BCUT2D eigenvalue weighted by Crippen LogP contribution is -2.49. The maximum absolute atomic E-state index is 12.4. The average molecular weight is 343 g/mol. The number of urea groups is 1. The third-order valence-corrected chi connectivity index (χ3v) is 3.96. The highest BCUT2D eigenvalue weighted by Crippen LogP contribution is 2.28. The molecule has 2 heterocycles. The fourth-order valence-electron chi connectivity index (χ4n) is 2.84. The number of anilines is 1. The van der Waals surface area contributed by atoms with Crippen molar-refractivity contribution in [3.05, 3.63) is 30.0 Å². The molecule has 3 amide bonds. The number of carbonyl (C=O) groups excluding carboxylic acids is 3. The van der Waals surface area contributed by atoms with Crippen LogP contribution in [-0.2, 0) is 9.53 Å². The monoisotopic (exact) mass is 343 g/mol. The van der Waals surface area contributed by atoms with Gasteiger partial charge in [-0.3, -0.25) is 19.6 Å². The molecule has 1 aliphatic rings. The standard InChI is InChI=1S/C18H21N3O4/c1-11-9-12(20-8-6-15(22)19-16(20)23)10-14-13(11)5-7-21(14)17(24)25-18(2,3)4/h5,7,9-10H,6,8H2,1-4H3,(H,19,22,23). The number of hydrogen-bond acceptors (Lipinski definition) is 4. The molecule has 1 fully saturated rings. The fraction of sp³-hybridized carbons (Fsp3) is 0.389. The van der Waals surface area contributed by atoms with Gasteiger partial charge in [-0.05, 0) is 51.5 Å². The van der Waals surface area contributed by atoms with Crippen LogP contribution in [0, 0.1) is 6.92 Å². The first-order valence-electron chi connectivity index (χ1n) is 8.12. The molecule has 1 saturated heterocycles. The van der Waals surface area contributed by atoms with Crippen molar-refractivity contribution in [1.29, 1.82) is 0 Å².